The fourth-order valence-electron chi connectivity index (χ4n) is 1.50. The molecule has 0 aliphatic heterocycles. The minimum atomic E-state index is -1.20. The topological polar surface area (TPSA) is 29.5 Å². The van der Waals surface area contributed by atoms with E-state index in [1.54, 1.807) is 6.92 Å². The molecule has 16 heavy (non-hydrogen) atoms. The first-order chi connectivity index (χ1) is 7.44. The lowest BCUT2D eigenvalue weighted by Crippen LogP contribution is -2.35. The highest BCUT2D eigenvalue weighted by atomic mass is 19.1. The van der Waals surface area contributed by atoms with E-state index >= 15 is 0 Å². The van der Waals surface area contributed by atoms with Gasteiger partial charge in [0.1, 0.15) is 17.7 Å². The number of ether oxygens (including phenoxy) is 1. The molecule has 0 saturated heterocycles. The van der Waals surface area contributed by atoms with E-state index < -0.39 is 23.3 Å². The second-order valence-electron chi connectivity index (χ2n) is 3.94. The Labute approximate surface area is 93.9 Å². The molecule has 0 fully saturated rings. The van der Waals surface area contributed by atoms with E-state index in [2.05, 4.69) is 0 Å². The van der Waals surface area contributed by atoms with Crippen molar-refractivity contribution in [2.45, 2.75) is 32.0 Å². The number of rotatable bonds is 4. The Kier molecular flexibility index (Phi) is 3.99. The van der Waals surface area contributed by atoms with Crippen molar-refractivity contribution in [3.05, 3.63) is 35.4 Å². The second kappa shape index (κ2) is 4.89. The first-order valence-corrected chi connectivity index (χ1v) is 5.12. The summed E-state index contributed by atoms with van der Waals surface area (Å²) in [4.78, 5) is 0. The van der Waals surface area contributed by atoms with Gasteiger partial charge in [-0.1, -0.05) is 6.92 Å². The molecule has 0 bridgehead atoms. The van der Waals surface area contributed by atoms with E-state index in [9.17, 15) is 13.9 Å². The molecule has 0 aliphatic rings. The first kappa shape index (κ1) is 13.1. The monoisotopic (exact) mass is 230 g/mol. The summed E-state index contributed by atoms with van der Waals surface area (Å²) in [5, 5.41) is 10.0. The van der Waals surface area contributed by atoms with Crippen molar-refractivity contribution in [1.29, 1.82) is 0 Å². The number of hydrogen-bond donors (Lipinski definition) is 1. The summed E-state index contributed by atoms with van der Waals surface area (Å²) < 4.78 is 31.6. The van der Waals surface area contributed by atoms with Crippen LogP contribution in [0.1, 0.15) is 31.9 Å². The van der Waals surface area contributed by atoms with E-state index in [0.29, 0.717) is 6.42 Å². The van der Waals surface area contributed by atoms with Gasteiger partial charge >= 0.3 is 0 Å². The zero-order valence-electron chi connectivity index (χ0n) is 9.63. The van der Waals surface area contributed by atoms with Crippen LogP contribution in [0.2, 0.25) is 0 Å². The van der Waals surface area contributed by atoms with Crippen LogP contribution in [0.15, 0.2) is 18.2 Å². The first-order valence-electron chi connectivity index (χ1n) is 5.12. The largest absolute Gasteiger partial charge is 0.385 e. The molecule has 0 aromatic heterocycles. The molecule has 0 radical (unpaired) electrons. The molecule has 1 N–H and O–H groups in total. The van der Waals surface area contributed by atoms with E-state index in [0.717, 1.165) is 18.2 Å². The van der Waals surface area contributed by atoms with Gasteiger partial charge in [0.2, 0.25) is 0 Å². The van der Waals surface area contributed by atoms with Gasteiger partial charge in [-0.15, -0.1) is 0 Å². The Balaban J connectivity index is 3.12. The Hall–Kier alpha value is -1.00. The van der Waals surface area contributed by atoms with E-state index in [1.807, 2.05) is 6.92 Å². The Morgan fingerprint density at radius 1 is 1.44 bits per heavy atom. The van der Waals surface area contributed by atoms with E-state index in [4.69, 9.17) is 4.74 Å². The normalized spacial score (nSPS) is 16.9. The van der Waals surface area contributed by atoms with Crippen LogP contribution >= 0.6 is 0 Å². The molecule has 0 spiro atoms. The van der Waals surface area contributed by atoms with Gasteiger partial charge in [-0.05, 0) is 31.5 Å². The molecule has 0 saturated carbocycles. The predicted octanol–water partition coefficient (Wildman–Crippen LogP) is 2.81. The van der Waals surface area contributed by atoms with Crippen LogP contribution in [0.4, 0.5) is 8.78 Å². The highest BCUT2D eigenvalue weighted by Gasteiger charge is 2.34. The summed E-state index contributed by atoms with van der Waals surface area (Å²) in [6.45, 7) is 3.46. The van der Waals surface area contributed by atoms with Crippen molar-refractivity contribution in [2.75, 3.05) is 7.11 Å². The summed E-state index contributed by atoms with van der Waals surface area (Å²) in [6, 6.07) is 3.01. The summed E-state index contributed by atoms with van der Waals surface area (Å²) in [6.07, 6.45) is -0.709. The number of aliphatic hydroxyl groups excluding tert-OH is 1. The van der Waals surface area contributed by atoms with Crippen molar-refractivity contribution in [3.63, 3.8) is 0 Å². The molecule has 2 atom stereocenters. The van der Waals surface area contributed by atoms with Crippen LogP contribution in [0, 0.1) is 11.6 Å². The Morgan fingerprint density at radius 3 is 2.56 bits per heavy atom. The quantitative estimate of drug-likeness (QED) is 0.861. The Bertz CT molecular complexity index is 362. The molecule has 1 rings (SSSR count). The lowest BCUT2D eigenvalue weighted by molar-refractivity contribution is -0.0956. The van der Waals surface area contributed by atoms with E-state index in [1.165, 1.54) is 7.11 Å². The molecule has 1 aromatic carbocycles. The van der Waals surface area contributed by atoms with Crippen molar-refractivity contribution in [1.82, 2.24) is 0 Å². The SMILES string of the molecule is CCC(C)(OC)C(O)c1cc(F)ccc1F. The average molecular weight is 230 g/mol. The average Bonchev–Trinajstić information content (AvgIpc) is 2.30. The minimum absolute atomic E-state index is 0.0776. The van der Waals surface area contributed by atoms with Gasteiger partial charge in [0.05, 0.1) is 5.60 Å². The van der Waals surface area contributed by atoms with Crippen LogP contribution in [-0.2, 0) is 4.74 Å². The van der Waals surface area contributed by atoms with Gasteiger partial charge in [-0.3, -0.25) is 0 Å². The van der Waals surface area contributed by atoms with Crippen molar-refractivity contribution >= 4 is 0 Å². The second-order valence-corrected chi connectivity index (χ2v) is 3.94. The van der Waals surface area contributed by atoms with E-state index in [-0.39, 0.29) is 5.56 Å². The smallest absolute Gasteiger partial charge is 0.129 e. The molecule has 0 aliphatic carbocycles. The zero-order valence-corrected chi connectivity index (χ0v) is 9.63. The highest BCUT2D eigenvalue weighted by molar-refractivity contribution is 5.23. The van der Waals surface area contributed by atoms with Gasteiger partial charge in [0.25, 0.3) is 0 Å². The maximum atomic E-state index is 13.4. The van der Waals surface area contributed by atoms with Crippen molar-refractivity contribution in [2.24, 2.45) is 0 Å². The summed E-state index contributed by atoms with van der Waals surface area (Å²) in [5.74, 6) is -1.21. The van der Waals surface area contributed by atoms with Crippen LogP contribution in [0.25, 0.3) is 0 Å². The molecular formula is C12H16F2O2. The lowest BCUT2D eigenvalue weighted by Gasteiger charge is -2.32. The maximum absolute atomic E-state index is 13.4. The fraction of sp³-hybridized carbons (Fsp3) is 0.500. The number of halogens is 2. The van der Waals surface area contributed by atoms with Gasteiger partial charge in [0, 0.05) is 12.7 Å². The molecule has 90 valence electrons. The molecular weight excluding hydrogens is 214 g/mol. The van der Waals surface area contributed by atoms with Gasteiger partial charge in [-0.2, -0.15) is 0 Å². The van der Waals surface area contributed by atoms with Crippen LogP contribution < -0.4 is 0 Å². The lowest BCUT2D eigenvalue weighted by atomic mass is 9.90. The minimum Gasteiger partial charge on any atom is -0.385 e. The molecule has 4 heteroatoms. The van der Waals surface area contributed by atoms with Gasteiger partial charge < -0.3 is 9.84 Å². The third kappa shape index (κ3) is 2.39. The van der Waals surface area contributed by atoms with Crippen molar-refractivity contribution < 1.29 is 18.6 Å². The predicted molar refractivity (Wildman–Crippen MR) is 57.0 cm³/mol. The third-order valence-electron chi connectivity index (χ3n) is 3.00. The summed E-state index contributed by atoms with van der Waals surface area (Å²) >= 11 is 0. The Morgan fingerprint density at radius 2 is 2.06 bits per heavy atom. The number of methoxy groups -OCH3 is 1. The zero-order chi connectivity index (χ0) is 12.3. The third-order valence-corrected chi connectivity index (χ3v) is 3.00. The number of hydrogen-bond acceptors (Lipinski definition) is 2. The number of aliphatic hydroxyl groups is 1. The number of benzene rings is 1. The summed E-state index contributed by atoms with van der Waals surface area (Å²) in [7, 11) is 1.43. The molecule has 1 aromatic rings. The van der Waals surface area contributed by atoms with Crippen LogP contribution in [-0.4, -0.2) is 17.8 Å². The fourth-order valence-corrected chi connectivity index (χ4v) is 1.50. The standard InChI is InChI=1S/C12H16F2O2/c1-4-12(2,16-3)11(15)9-7-8(13)5-6-10(9)14/h5-7,11,15H,4H2,1-3H3. The highest BCUT2D eigenvalue weighted by Crippen LogP contribution is 2.33. The van der Waals surface area contributed by atoms with Gasteiger partial charge in [-0.25, -0.2) is 8.78 Å². The molecule has 0 heterocycles. The van der Waals surface area contributed by atoms with Crippen molar-refractivity contribution in [3.8, 4) is 0 Å². The molecule has 2 unspecified atom stereocenters. The molecule has 0 amide bonds. The summed E-state index contributed by atoms with van der Waals surface area (Å²) in [5.41, 5.74) is -1.000. The van der Waals surface area contributed by atoms with Crippen LogP contribution in [0.3, 0.4) is 0 Å². The molecule has 2 nitrogen and oxygen atoms in total. The van der Waals surface area contributed by atoms with Gasteiger partial charge in [0.15, 0.2) is 0 Å². The maximum Gasteiger partial charge on any atom is 0.129 e. The van der Waals surface area contributed by atoms with Crippen LogP contribution in [0.5, 0.6) is 0 Å².